The summed E-state index contributed by atoms with van der Waals surface area (Å²) in [6, 6.07) is 10.6. The molecule has 1 aromatic heterocycles. The van der Waals surface area contributed by atoms with E-state index in [9.17, 15) is 4.21 Å². The Labute approximate surface area is 163 Å². The topological polar surface area (TPSA) is 71.3 Å². The third-order valence-electron chi connectivity index (χ3n) is 5.01. The SMILES string of the molecule is CCS(=O)C1CCCC(NC(=NC)NCc2ccc(-n3cccn3)cc2)C1. The maximum absolute atomic E-state index is 12.1. The van der Waals surface area contributed by atoms with Gasteiger partial charge in [-0.15, -0.1) is 0 Å². The Bertz CT molecular complexity index is 757. The lowest BCUT2D eigenvalue weighted by Crippen LogP contribution is -2.46. The zero-order chi connectivity index (χ0) is 19.1. The van der Waals surface area contributed by atoms with Crippen LogP contribution in [0.1, 0.15) is 38.2 Å². The minimum Gasteiger partial charge on any atom is -0.354 e. The van der Waals surface area contributed by atoms with Crippen LogP contribution in [0.15, 0.2) is 47.7 Å². The average Bonchev–Trinajstić information content (AvgIpc) is 3.26. The Kier molecular flexibility index (Phi) is 7.04. The molecule has 0 radical (unpaired) electrons. The third kappa shape index (κ3) is 5.42. The molecule has 0 amide bonds. The number of hydrogen-bond acceptors (Lipinski definition) is 3. The van der Waals surface area contributed by atoms with Crippen LogP contribution in [0.25, 0.3) is 5.69 Å². The first kappa shape index (κ1) is 19.6. The number of hydrogen-bond donors (Lipinski definition) is 2. The van der Waals surface area contributed by atoms with E-state index in [1.54, 1.807) is 13.2 Å². The van der Waals surface area contributed by atoms with Crippen LogP contribution in [-0.2, 0) is 17.3 Å². The number of aliphatic imine (C=N–C) groups is 1. The minimum atomic E-state index is -0.707. The van der Waals surface area contributed by atoms with Gasteiger partial charge in [-0.25, -0.2) is 4.68 Å². The highest BCUT2D eigenvalue weighted by Gasteiger charge is 2.25. The summed E-state index contributed by atoms with van der Waals surface area (Å²) >= 11 is 0. The molecule has 6 nitrogen and oxygen atoms in total. The van der Waals surface area contributed by atoms with Crippen LogP contribution in [0, 0.1) is 0 Å². The quantitative estimate of drug-likeness (QED) is 0.590. The van der Waals surface area contributed by atoms with Crippen molar-refractivity contribution in [3.63, 3.8) is 0 Å². The highest BCUT2D eigenvalue weighted by atomic mass is 32.2. The van der Waals surface area contributed by atoms with Crippen LogP contribution in [0.4, 0.5) is 0 Å². The molecule has 1 aromatic carbocycles. The van der Waals surface area contributed by atoms with E-state index in [1.807, 2.05) is 23.9 Å². The zero-order valence-corrected chi connectivity index (χ0v) is 16.9. The predicted molar refractivity (Wildman–Crippen MR) is 112 cm³/mol. The number of guanidine groups is 1. The van der Waals surface area contributed by atoms with Crippen molar-refractivity contribution >= 4 is 16.8 Å². The standard InChI is InChI=1S/C20H29N5OS/c1-3-27(26)19-7-4-6-17(14-19)24-20(21-2)22-15-16-8-10-18(11-9-16)25-13-5-12-23-25/h5,8-13,17,19H,3-4,6-7,14-15H2,1-2H3,(H2,21,22,24). The first-order valence-electron chi connectivity index (χ1n) is 9.63. The smallest absolute Gasteiger partial charge is 0.191 e. The van der Waals surface area contributed by atoms with Crippen LogP contribution in [-0.4, -0.2) is 44.0 Å². The van der Waals surface area contributed by atoms with E-state index in [4.69, 9.17) is 0 Å². The Morgan fingerprint density at radius 2 is 2.15 bits per heavy atom. The molecule has 0 saturated heterocycles. The van der Waals surface area contributed by atoms with Crippen molar-refractivity contribution < 1.29 is 4.21 Å². The number of nitrogens with zero attached hydrogens (tertiary/aromatic N) is 3. The monoisotopic (exact) mass is 387 g/mol. The van der Waals surface area contributed by atoms with Gasteiger partial charge >= 0.3 is 0 Å². The molecule has 1 saturated carbocycles. The van der Waals surface area contributed by atoms with E-state index < -0.39 is 10.8 Å². The summed E-state index contributed by atoms with van der Waals surface area (Å²) in [6.45, 7) is 2.71. The van der Waals surface area contributed by atoms with Gasteiger partial charge in [0.05, 0.1) is 5.69 Å². The second-order valence-corrected chi connectivity index (χ2v) is 8.85. The lowest BCUT2D eigenvalue weighted by molar-refractivity contribution is 0.413. The molecule has 1 aliphatic rings. The maximum atomic E-state index is 12.1. The summed E-state index contributed by atoms with van der Waals surface area (Å²) in [5.41, 5.74) is 2.23. The summed E-state index contributed by atoms with van der Waals surface area (Å²) in [5.74, 6) is 1.55. The normalized spacial score (nSPS) is 21.6. The lowest BCUT2D eigenvalue weighted by atomic mass is 9.95. The van der Waals surface area contributed by atoms with Crippen LogP contribution < -0.4 is 10.6 Å². The third-order valence-corrected chi connectivity index (χ3v) is 6.75. The van der Waals surface area contributed by atoms with Gasteiger partial charge in [-0.1, -0.05) is 25.5 Å². The van der Waals surface area contributed by atoms with E-state index in [0.717, 1.165) is 43.1 Å². The second-order valence-electron chi connectivity index (χ2n) is 6.84. The first-order valence-corrected chi connectivity index (χ1v) is 11.0. The van der Waals surface area contributed by atoms with Crippen molar-refractivity contribution in [2.45, 2.75) is 50.4 Å². The highest BCUT2D eigenvalue weighted by molar-refractivity contribution is 7.85. The van der Waals surface area contributed by atoms with Gasteiger partial charge in [0.15, 0.2) is 5.96 Å². The summed E-state index contributed by atoms with van der Waals surface area (Å²) < 4.78 is 14.0. The fourth-order valence-electron chi connectivity index (χ4n) is 3.51. The molecule has 1 aliphatic carbocycles. The van der Waals surface area contributed by atoms with Gasteiger partial charge in [0.25, 0.3) is 0 Å². The van der Waals surface area contributed by atoms with E-state index >= 15 is 0 Å². The van der Waals surface area contributed by atoms with Gasteiger partial charge in [0, 0.05) is 53.8 Å². The molecular weight excluding hydrogens is 358 g/mol. The van der Waals surface area contributed by atoms with Gasteiger partial charge in [0.1, 0.15) is 0 Å². The van der Waals surface area contributed by atoms with E-state index in [1.165, 1.54) is 5.56 Å². The molecule has 1 heterocycles. The summed E-state index contributed by atoms with van der Waals surface area (Å²) in [4.78, 5) is 4.35. The molecule has 2 aromatic rings. The van der Waals surface area contributed by atoms with E-state index in [-0.39, 0.29) is 0 Å². The summed E-state index contributed by atoms with van der Waals surface area (Å²) in [5, 5.41) is 11.5. The Hall–Kier alpha value is -2.15. The summed E-state index contributed by atoms with van der Waals surface area (Å²) in [6.07, 6.45) is 7.97. The molecule has 3 rings (SSSR count). The molecule has 0 aliphatic heterocycles. The average molecular weight is 388 g/mol. The van der Waals surface area contributed by atoms with Crippen LogP contribution in [0.5, 0.6) is 0 Å². The molecule has 27 heavy (non-hydrogen) atoms. The Balaban J connectivity index is 1.51. The van der Waals surface area contributed by atoms with Crippen LogP contribution in [0.2, 0.25) is 0 Å². The van der Waals surface area contributed by atoms with Crippen molar-refractivity contribution in [2.24, 2.45) is 4.99 Å². The van der Waals surface area contributed by atoms with Crippen LogP contribution in [0.3, 0.4) is 0 Å². The number of aromatic nitrogens is 2. The first-order chi connectivity index (χ1) is 13.2. The van der Waals surface area contributed by atoms with Crippen LogP contribution >= 0.6 is 0 Å². The highest BCUT2D eigenvalue weighted by Crippen LogP contribution is 2.23. The van der Waals surface area contributed by atoms with Gasteiger partial charge in [-0.05, 0) is 43.0 Å². The van der Waals surface area contributed by atoms with Crippen molar-refractivity contribution in [2.75, 3.05) is 12.8 Å². The van der Waals surface area contributed by atoms with Gasteiger partial charge in [0.2, 0.25) is 0 Å². The largest absolute Gasteiger partial charge is 0.354 e. The number of nitrogens with one attached hydrogen (secondary N) is 2. The summed E-state index contributed by atoms with van der Waals surface area (Å²) in [7, 11) is 1.09. The van der Waals surface area contributed by atoms with Crippen molar-refractivity contribution in [1.29, 1.82) is 0 Å². The van der Waals surface area contributed by atoms with Gasteiger partial charge in [-0.3, -0.25) is 9.20 Å². The molecule has 2 N–H and O–H groups in total. The van der Waals surface area contributed by atoms with Gasteiger partial charge < -0.3 is 10.6 Å². The molecule has 3 unspecified atom stereocenters. The Morgan fingerprint density at radius 1 is 1.33 bits per heavy atom. The van der Waals surface area contributed by atoms with E-state index in [0.29, 0.717) is 17.8 Å². The van der Waals surface area contributed by atoms with E-state index in [2.05, 4.69) is 45.0 Å². The van der Waals surface area contributed by atoms with Crippen molar-refractivity contribution in [1.82, 2.24) is 20.4 Å². The molecule has 1 fully saturated rings. The van der Waals surface area contributed by atoms with Gasteiger partial charge in [-0.2, -0.15) is 5.10 Å². The Morgan fingerprint density at radius 3 is 2.81 bits per heavy atom. The molecule has 7 heteroatoms. The number of benzene rings is 1. The van der Waals surface area contributed by atoms with Crippen molar-refractivity contribution in [3.8, 4) is 5.69 Å². The molecule has 0 spiro atoms. The lowest BCUT2D eigenvalue weighted by Gasteiger charge is -2.30. The zero-order valence-electron chi connectivity index (χ0n) is 16.1. The fourth-order valence-corrected chi connectivity index (χ4v) is 4.86. The molecule has 0 bridgehead atoms. The minimum absolute atomic E-state index is 0.314. The predicted octanol–water partition coefficient (Wildman–Crippen LogP) is 2.62. The maximum Gasteiger partial charge on any atom is 0.191 e. The fraction of sp³-hybridized carbons (Fsp3) is 0.500. The number of rotatable bonds is 6. The molecular formula is C20H29N5OS. The molecule has 3 atom stereocenters. The molecule has 146 valence electrons. The second kappa shape index (κ2) is 9.69. The van der Waals surface area contributed by atoms with Crippen molar-refractivity contribution in [3.05, 3.63) is 48.3 Å².